The van der Waals surface area contributed by atoms with Gasteiger partial charge in [0.1, 0.15) is 6.07 Å². The minimum absolute atomic E-state index is 0.0574. The number of nitriles is 1. The van der Waals surface area contributed by atoms with Crippen molar-refractivity contribution in [2.75, 3.05) is 30.0 Å². The molecule has 1 saturated heterocycles. The minimum Gasteiger partial charge on any atom is -0.481 e. The summed E-state index contributed by atoms with van der Waals surface area (Å²) in [5.41, 5.74) is 3.19. The molecule has 0 saturated carbocycles. The number of carboxylic acids is 1. The Labute approximate surface area is 189 Å². The number of aliphatic carboxylic acids is 1. The number of ether oxygens (including phenoxy) is 1. The van der Waals surface area contributed by atoms with Crippen LogP contribution < -0.4 is 10.2 Å². The second kappa shape index (κ2) is 10.9. The van der Waals surface area contributed by atoms with Gasteiger partial charge in [-0.05, 0) is 42.4 Å². The zero-order valence-electron chi connectivity index (χ0n) is 18.9. The van der Waals surface area contributed by atoms with Crippen LogP contribution in [-0.2, 0) is 9.53 Å². The standard InChI is InChI=1S/C24H31N5O3/c1-16(2)15-29(20-6-8-32-9-7-20)22-5-4-19(17(3)10-23(30)31)11-21(22)28-24-26-13-18(12-25)14-27-24/h4-5,11,13-14,16-17,20H,6-10,15H2,1-3H3,(H,30,31)(H,26,27,28)/t17-/m1/s1. The molecule has 0 unspecified atom stereocenters. The van der Waals surface area contributed by atoms with Crippen molar-refractivity contribution < 1.29 is 14.6 Å². The Kier molecular flexibility index (Phi) is 8.01. The Morgan fingerprint density at radius 2 is 1.97 bits per heavy atom. The van der Waals surface area contributed by atoms with Crippen molar-refractivity contribution in [2.45, 2.75) is 52.0 Å². The van der Waals surface area contributed by atoms with Gasteiger partial charge >= 0.3 is 5.97 Å². The van der Waals surface area contributed by atoms with Gasteiger partial charge in [0.25, 0.3) is 0 Å². The third-order valence-corrected chi connectivity index (χ3v) is 5.60. The highest BCUT2D eigenvalue weighted by molar-refractivity contribution is 5.75. The molecule has 2 aromatic rings. The van der Waals surface area contributed by atoms with Crippen LogP contribution in [0.2, 0.25) is 0 Å². The first-order valence-corrected chi connectivity index (χ1v) is 11.1. The SMILES string of the molecule is CC(C)CN(c1ccc([C@H](C)CC(=O)O)cc1Nc1ncc(C#N)cn1)C1CCOCC1. The number of carbonyl (C=O) groups is 1. The summed E-state index contributed by atoms with van der Waals surface area (Å²) < 4.78 is 5.58. The van der Waals surface area contributed by atoms with E-state index in [0.717, 1.165) is 49.5 Å². The molecule has 1 fully saturated rings. The summed E-state index contributed by atoms with van der Waals surface area (Å²) in [4.78, 5) is 22.2. The normalized spacial score (nSPS) is 15.2. The van der Waals surface area contributed by atoms with E-state index >= 15 is 0 Å². The number of carboxylic acid groups (broad SMARTS) is 1. The van der Waals surface area contributed by atoms with Crippen molar-refractivity contribution in [3.05, 3.63) is 41.7 Å². The fourth-order valence-electron chi connectivity index (χ4n) is 4.00. The fraction of sp³-hybridized carbons (Fsp3) is 0.500. The molecule has 0 bridgehead atoms. The summed E-state index contributed by atoms with van der Waals surface area (Å²) in [5, 5.41) is 21.6. The third-order valence-electron chi connectivity index (χ3n) is 5.60. The second-order valence-corrected chi connectivity index (χ2v) is 8.70. The maximum Gasteiger partial charge on any atom is 0.303 e. The molecule has 0 spiro atoms. The maximum absolute atomic E-state index is 11.2. The molecule has 2 heterocycles. The van der Waals surface area contributed by atoms with Gasteiger partial charge in [-0.15, -0.1) is 0 Å². The number of nitrogens with one attached hydrogen (secondary N) is 1. The zero-order valence-corrected chi connectivity index (χ0v) is 18.9. The van der Waals surface area contributed by atoms with Crippen molar-refractivity contribution in [3.8, 4) is 6.07 Å². The lowest BCUT2D eigenvalue weighted by Gasteiger charge is -2.38. The predicted octanol–water partition coefficient (Wildman–Crippen LogP) is 4.31. The van der Waals surface area contributed by atoms with Crippen LogP contribution in [0.1, 0.15) is 57.1 Å². The zero-order chi connectivity index (χ0) is 23.1. The molecule has 0 aliphatic carbocycles. The minimum atomic E-state index is -0.824. The molecule has 0 radical (unpaired) electrons. The predicted molar refractivity (Wildman–Crippen MR) is 123 cm³/mol. The summed E-state index contributed by atoms with van der Waals surface area (Å²) in [6.45, 7) is 8.69. The van der Waals surface area contributed by atoms with Gasteiger partial charge in [0.15, 0.2) is 0 Å². The molecule has 1 aromatic heterocycles. The van der Waals surface area contributed by atoms with Crippen molar-refractivity contribution >= 4 is 23.3 Å². The topological polar surface area (TPSA) is 111 Å². The number of hydrogen-bond acceptors (Lipinski definition) is 7. The van der Waals surface area contributed by atoms with Crippen molar-refractivity contribution in [3.63, 3.8) is 0 Å². The average molecular weight is 438 g/mol. The quantitative estimate of drug-likeness (QED) is 0.597. The molecule has 2 N–H and O–H groups in total. The van der Waals surface area contributed by atoms with Gasteiger partial charge in [0.05, 0.1) is 35.8 Å². The molecule has 8 nitrogen and oxygen atoms in total. The molecule has 1 atom stereocenters. The third kappa shape index (κ3) is 6.17. The number of anilines is 3. The molecule has 32 heavy (non-hydrogen) atoms. The van der Waals surface area contributed by atoms with Crippen LogP contribution >= 0.6 is 0 Å². The van der Waals surface area contributed by atoms with Gasteiger partial charge in [-0.25, -0.2) is 9.97 Å². The highest BCUT2D eigenvalue weighted by Crippen LogP contribution is 2.35. The Bertz CT molecular complexity index is 949. The molecule has 1 aliphatic rings. The Morgan fingerprint density at radius 1 is 1.28 bits per heavy atom. The van der Waals surface area contributed by atoms with Crippen LogP contribution in [0.15, 0.2) is 30.6 Å². The fourth-order valence-corrected chi connectivity index (χ4v) is 4.00. The largest absolute Gasteiger partial charge is 0.481 e. The van der Waals surface area contributed by atoms with E-state index < -0.39 is 5.97 Å². The van der Waals surface area contributed by atoms with Crippen molar-refractivity contribution in [1.29, 1.82) is 5.26 Å². The highest BCUT2D eigenvalue weighted by atomic mass is 16.5. The average Bonchev–Trinajstić information content (AvgIpc) is 2.78. The van der Waals surface area contributed by atoms with Crippen LogP contribution in [0.5, 0.6) is 0 Å². The van der Waals surface area contributed by atoms with E-state index in [0.29, 0.717) is 23.5 Å². The van der Waals surface area contributed by atoms with E-state index in [1.165, 1.54) is 12.4 Å². The molecule has 1 aromatic carbocycles. The Hall–Kier alpha value is -3.18. The highest BCUT2D eigenvalue weighted by Gasteiger charge is 2.25. The van der Waals surface area contributed by atoms with Gasteiger partial charge in [0, 0.05) is 25.8 Å². The number of rotatable bonds is 9. The van der Waals surface area contributed by atoms with Crippen LogP contribution in [0.25, 0.3) is 0 Å². The number of benzene rings is 1. The molecular formula is C24H31N5O3. The van der Waals surface area contributed by atoms with E-state index in [4.69, 9.17) is 10.00 Å². The lowest BCUT2D eigenvalue weighted by Crippen LogP contribution is -2.42. The van der Waals surface area contributed by atoms with E-state index in [2.05, 4.69) is 40.1 Å². The molecule has 170 valence electrons. The van der Waals surface area contributed by atoms with Crippen LogP contribution in [-0.4, -0.2) is 46.8 Å². The number of nitrogens with zero attached hydrogens (tertiary/aromatic N) is 4. The first-order valence-electron chi connectivity index (χ1n) is 11.1. The van der Waals surface area contributed by atoms with E-state index in [1.807, 2.05) is 25.1 Å². The maximum atomic E-state index is 11.2. The molecule has 1 aliphatic heterocycles. The van der Waals surface area contributed by atoms with E-state index in [-0.39, 0.29) is 12.3 Å². The number of aromatic nitrogens is 2. The van der Waals surface area contributed by atoms with Gasteiger partial charge in [-0.3, -0.25) is 4.79 Å². The van der Waals surface area contributed by atoms with Gasteiger partial charge in [-0.2, -0.15) is 5.26 Å². The van der Waals surface area contributed by atoms with Crippen LogP contribution in [0.4, 0.5) is 17.3 Å². The first-order chi connectivity index (χ1) is 15.4. The Balaban J connectivity index is 2.00. The smallest absolute Gasteiger partial charge is 0.303 e. The lowest BCUT2D eigenvalue weighted by atomic mass is 9.95. The summed E-state index contributed by atoms with van der Waals surface area (Å²) >= 11 is 0. The molecular weight excluding hydrogens is 406 g/mol. The summed E-state index contributed by atoms with van der Waals surface area (Å²) in [7, 11) is 0. The van der Waals surface area contributed by atoms with E-state index in [1.54, 1.807) is 0 Å². The Morgan fingerprint density at radius 3 is 2.56 bits per heavy atom. The summed E-state index contributed by atoms with van der Waals surface area (Å²) in [6, 6.07) is 8.46. The lowest BCUT2D eigenvalue weighted by molar-refractivity contribution is -0.137. The molecule has 8 heteroatoms. The number of hydrogen-bond donors (Lipinski definition) is 2. The first kappa shape index (κ1) is 23.5. The second-order valence-electron chi connectivity index (χ2n) is 8.70. The van der Waals surface area contributed by atoms with Crippen molar-refractivity contribution in [2.24, 2.45) is 5.92 Å². The summed E-state index contributed by atoms with van der Waals surface area (Å²) in [5.74, 6) is -0.104. The monoisotopic (exact) mass is 437 g/mol. The van der Waals surface area contributed by atoms with Gasteiger partial charge in [-0.1, -0.05) is 26.8 Å². The van der Waals surface area contributed by atoms with Crippen LogP contribution in [0, 0.1) is 17.2 Å². The summed E-state index contributed by atoms with van der Waals surface area (Å²) in [6.07, 6.45) is 4.93. The van der Waals surface area contributed by atoms with Crippen molar-refractivity contribution in [1.82, 2.24) is 9.97 Å². The van der Waals surface area contributed by atoms with Crippen LogP contribution in [0.3, 0.4) is 0 Å². The molecule has 3 rings (SSSR count). The molecule has 0 amide bonds. The van der Waals surface area contributed by atoms with Gasteiger partial charge < -0.3 is 20.1 Å². The van der Waals surface area contributed by atoms with Gasteiger partial charge in [0.2, 0.25) is 5.95 Å². The van der Waals surface area contributed by atoms with E-state index in [9.17, 15) is 9.90 Å².